The van der Waals surface area contributed by atoms with Gasteiger partial charge in [-0.15, -0.1) is 0 Å². The van der Waals surface area contributed by atoms with Gasteiger partial charge >= 0.3 is 5.97 Å². The predicted molar refractivity (Wildman–Crippen MR) is 46.3 cm³/mol. The van der Waals surface area contributed by atoms with Crippen LogP contribution in [0, 0.1) is 0 Å². The highest BCUT2D eigenvalue weighted by Gasteiger charge is 2.24. The molecule has 0 saturated heterocycles. The van der Waals surface area contributed by atoms with Crippen LogP contribution in [0.3, 0.4) is 0 Å². The SMILES string of the molecule is CCCC1=NN(CC(=O)O)C(=O)C1. The fourth-order valence-corrected chi connectivity index (χ4v) is 1.21. The molecule has 1 aliphatic heterocycles. The van der Waals surface area contributed by atoms with E-state index in [0.717, 1.165) is 23.6 Å². The highest BCUT2D eigenvalue weighted by atomic mass is 16.4. The Morgan fingerprint density at radius 2 is 2.38 bits per heavy atom. The molecule has 5 nitrogen and oxygen atoms in total. The summed E-state index contributed by atoms with van der Waals surface area (Å²) in [6, 6.07) is 0. The monoisotopic (exact) mass is 184 g/mol. The lowest BCUT2D eigenvalue weighted by Gasteiger charge is -2.06. The maximum absolute atomic E-state index is 11.1. The summed E-state index contributed by atoms with van der Waals surface area (Å²) in [5, 5.41) is 13.4. The molecular formula is C8H12N2O3. The van der Waals surface area contributed by atoms with Crippen molar-refractivity contribution >= 4 is 17.6 Å². The summed E-state index contributed by atoms with van der Waals surface area (Å²) in [7, 11) is 0. The third kappa shape index (κ3) is 2.54. The maximum atomic E-state index is 11.1. The van der Waals surface area contributed by atoms with Crippen LogP contribution >= 0.6 is 0 Å². The lowest BCUT2D eigenvalue weighted by atomic mass is 10.2. The number of hydrazone groups is 1. The van der Waals surface area contributed by atoms with Gasteiger partial charge in [-0.3, -0.25) is 9.59 Å². The largest absolute Gasteiger partial charge is 0.480 e. The Labute approximate surface area is 76.0 Å². The van der Waals surface area contributed by atoms with Crippen molar-refractivity contribution < 1.29 is 14.7 Å². The van der Waals surface area contributed by atoms with E-state index in [1.165, 1.54) is 0 Å². The smallest absolute Gasteiger partial charge is 0.325 e. The molecule has 13 heavy (non-hydrogen) atoms. The van der Waals surface area contributed by atoms with Gasteiger partial charge in [0.05, 0.1) is 6.42 Å². The lowest BCUT2D eigenvalue weighted by molar-refractivity contribution is -0.143. The Kier molecular flexibility index (Phi) is 3.00. The highest BCUT2D eigenvalue weighted by Crippen LogP contribution is 2.11. The first-order valence-electron chi connectivity index (χ1n) is 4.22. The molecule has 0 spiro atoms. The van der Waals surface area contributed by atoms with Crippen LogP contribution in [0.2, 0.25) is 0 Å². The molecule has 1 amide bonds. The van der Waals surface area contributed by atoms with Crippen molar-refractivity contribution in [2.24, 2.45) is 5.10 Å². The van der Waals surface area contributed by atoms with Crippen molar-refractivity contribution in [1.29, 1.82) is 0 Å². The molecule has 72 valence electrons. The molecule has 0 aromatic heterocycles. The third-order valence-electron chi connectivity index (χ3n) is 1.73. The molecule has 0 aromatic carbocycles. The topological polar surface area (TPSA) is 70.0 Å². The summed E-state index contributed by atoms with van der Waals surface area (Å²) in [4.78, 5) is 21.4. The van der Waals surface area contributed by atoms with Crippen molar-refractivity contribution in [3.8, 4) is 0 Å². The molecule has 1 heterocycles. The van der Waals surface area contributed by atoms with Crippen molar-refractivity contribution in [2.45, 2.75) is 26.2 Å². The van der Waals surface area contributed by atoms with E-state index in [1.807, 2.05) is 6.92 Å². The zero-order chi connectivity index (χ0) is 9.84. The van der Waals surface area contributed by atoms with Crippen molar-refractivity contribution in [3.63, 3.8) is 0 Å². The van der Waals surface area contributed by atoms with Crippen molar-refractivity contribution in [1.82, 2.24) is 5.01 Å². The van der Waals surface area contributed by atoms with Crippen molar-refractivity contribution in [2.75, 3.05) is 6.54 Å². The number of carboxylic acids is 1. The summed E-state index contributed by atoms with van der Waals surface area (Å²) in [6.07, 6.45) is 1.97. The van der Waals surface area contributed by atoms with E-state index >= 15 is 0 Å². The van der Waals surface area contributed by atoms with E-state index in [0.29, 0.717) is 0 Å². The van der Waals surface area contributed by atoms with Gasteiger partial charge in [0, 0.05) is 5.71 Å². The number of carbonyl (C=O) groups is 2. The number of hydrogen-bond donors (Lipinski definition) is 1. The van der Waals surface area contributed by atoms with E-state index in [2.05, 4.69) is 5.10 Å². The minimum atomic E-state index is -1.03. The predicted octanol–water partition coefficient (Wildman–Crippen LogP) is 0.459. The van der Waals surface area contributed by atoms with E-state index in [9.17, 15) is 9.59 Å². The molecule has 0 saturated carbocycles. The molecule has 0 aromatic rings. The van der Waals surface area contributed by atoms with Gasteiger partial charge in [-0.2, -0.15) is 5.10 Å². The molecule has 0 aliphatic carbocycles. The number of hydrogen-bond acceptors (Lipinski definition) is 3. The molecule has 1 rings (SSSR count). The van der Waals surface area contributed by atoms with Crippen LogP contribution in [0.5, 0.6) is 0 Å². The summed E-state index contributed by atoms with van der Waals surface area (Å²) in [5.74, 6) is -1.25. The minimum absolute atomic E-state index is 0.217. The van der Waals surface area contributed by atoms with Crippen LogP contribution in [-0.2, 0) is 9.59 Å². The summed E-state index contributed by atoms with van der Waals surface area (Å²) < 4.78 is 0. The van der Waals surface area contributed by atoms with Crippen LogP contribution in [-0.4, -0.2) is 34.2 Å². The molecule has 5 heteroatoms. The normalized spacial score (nSPS) is 16.2. The van der Waals surface area contributed by atoms with Gasteiger partial charge in [-0.25, -0.2) is 5.01 Å². The summed E-state index contributed by atoms with van der Waals surface area (Å²) in [6.45, 7) is 1.67. The average Bonchev–Trinajstić information content (AvgIpc) is 2.31. The Bertz CT molecular complexity index is 260. The standard InChI is InChI=1S/C8H12N2O3/c1-2-3-6-4-7(11)10(9-6)5-8(12)13/h2-5H2,1H3,(H,12,13). The van der Waals surface area contributed by atoms with Crippen molar-refractivity contribution in [3.05, 3.63) is 0 Å². The molecule has 0 unspecified atom stereocenters. The first kappa shape index (κ1) is 9.70. The van der Waals surface area contributed by atoms with E-state index in [4.69, 9.17) is 5.11 Å². The van der Waals surface area contributed by atoms with Crippen LogP contribution in [0.1, 0.15) is 26.2 Å². The lowest BCUT2D eigenvalue weighted by Crippen LogP contribution is -2.27. The van der Waals surface area contributed by atoms with E-state index in [-0.39, 0.29) is 18.9 Å². The van der Waals surface area contributed by atoms with Gasteiger partial charge in [0.15, 0.2) is 0 Å². The highest BCUT2D eigenvalue weighted by molar-refractivity contribution is 6.05. The molecule has 0 bridgehead atoms. The first-order valence-corrected chi connectivity index (χ1v) is 4.22. The molecular weight excluding hydrogens is 172 g/mol. The number of rotatable bonds is 4. The van der Waals surface area contributed by atoms with E-state index in [1.54, 1.807) is 0 Å². The number of carboxylic acid groups (broad SMARTS) is 1. The molecule has 1 N–H and O–H groups in total. The molecule has 1 aliphatic rings. The van der Waals surface area contributed by atoms with Gasteiger partial charge in [-0.05, 0) is 6.42 Å². The Morgan fingerprint density at radius 1 is 1.69 bits per heavy atom. The number of aliphatic carboxylic acids is 1. The van der Waals surface area contributed by atoms with Gasteiger partial charge in [-0.1, -0.05) is 13.3 Å². The fraction of sp³-hybridized carbons (Fsp3) is 0.625. The van der Waals surface area contributed by atoms with Gasteiger partial charge in [0.25, 0.3) is 0 Å². The second kappa shape index (κ2) is 4.02. The maximum Gasteiger partial charge on any atom is 0.325 e. The van der Waals surface area contributed by atoms with Crippen LogP contribution in [0.15, 0.2) is 5.10 Å². The Balaban J connectivity index is 2.55. The fourth-order valence-electron chi connectivity index (χ4n) is 1.21. The summed E-state index contributed by atoms with van der Waals surface area (Å²) >= 11 is 0. The van der Waals surface area contributed by atoms with Crippen LogP contribution < -0.4 is 0 Å². The third-order valence-corrected chi connectivity index (χ3v) is 1.73. The number of nitrogens with zero attached hydrogens (tertiary/aromatic N) is 2. The van der Waals surface area contributed by atoms with Crippen LogP contribution in [0.4, 0.5) is 0 Å². The Morgan fingerprint density at radius 3 is 2.92 bits per heavy atom. The zero-order valence-electron chi connectivity index (χ0n) is 7.49. The number of carbonyl (C=O) groups excluding carboxylic acids is 1. The Hall–Kier alpha value is -1.39. The minimum Gasteiger partial charge on any atom is -0.480 e. The molecule has 0 fully saturated rings. The zero-order valence-corrected chi connectivity index (χ0v) is 7.49. The average molecular weight is 184 g/mol. The second-order valence-corrected chi connectivity index (χ2v) is 2.94. The number of amides is 1. The quantitative estimate of drug-likeness (QED) is 0.690. The molecule has 0 atom stereocenters. The summed E-state index contributed by atoms with van der Waals surface area (Å²) in [5.41, 5.74) is 0.786. The second-order valence-electron chi connectivity index (χ2n) is 2.94. The molecule has 0 radical (unpaired) electrons. The van der Waals surface area contributed by atoms with Gasteiger partial charge in [0.2, 0.25) is 5.91 Å². The van der Waals surface area contributed by atoms with Gasteiger partial charge < -0.3 is 5.11 Å². The van der Waals surface area contributed by atoms with Gasteiger partial charge in [0.1, 0.15) is 6.54 Å². The first-order chi connectivity index (χ1) is 6.13. The van der Waals surface area contributed by atoms with E-state index < -0.39 is 5.97 Å². The van der Waals surface area contributed by atoms with Crippen LogP contribution in [0.25, 0.3) is 0 Å².